The first kappa shape index (κ1) is 17.7. The lowest BCUT2D eigenvalue weighted by atomic mass is 9.96. The lowest BCUT2D eigenvalue weighted by Crippen LogP contribution is -2.46. The maximum absolute atomic E-state index is 12.8. The molecule has 2 unspecified atom stereocenters. The third-order valence-electron chi connectivity index (χ3n) is 4.31. The van der Waals surface area contributed by atoms with Gasteiger partial charge < -0.3 is 5.11 Å². The predicted molar refractivity (Wildman–Crippen MR) is 88.6 cm³/mol. The molecular weight excluding hydrogens is 322 g/mol. The van der Waals surface area contributed by atoms with Crippen LogP contribution in [0.1, 0.15) is 31.7 Å². The van der Waals surface area contributed by atoms with Gasteiger partial charge in [0.15, 0.2) is 0 Å². The summed E-state index contributed by atoms with van der Waals surface area (Å²) in [6, 6.07) is 7.04. The molecular formula is C16H24ClNO3S. The highest BCUT2D eigenvalue weighted by Crippen LogP contribution is 2.28. The van der Waals surface area contributed by atoms with Crippen LogP contribution in [-0.2, 0) is 16.4 Å². The number of aryl methyl sites for hydroxylation is 1. The molecule has 0 amide bonds. The molecule has 1 aliphatic heterocycles. The molecule has 1 saturated heterocycles. The third kappa shape index (κ3) is 4.02. The molecule has 22 heavy (non-hydrogen) atoms. The average molecular weight is 346 g/mol. The Morgan fingerprint density at radius 3 is 2.55 bits per heavy atom. The number of alkyl halides is 1. The summed E-state index contributed by atoms with van der Waals surface area (Å²) in [6.45, 7) is 2.37. The average Bonchev–Trinajstić information content (AvgIpc) is 2.53. The van der Waals surface area contributed by atoms with Gasteiger partial charge in [0.05, 0.1) is 4.90 Å². The zero-order valence-corrected chi connectivity index (χ0v) is 14.5. The van der Waals surface area contributed by atoms with Crippen LogP contribution in [0.3, 0.4) is 0 Å². The molecule has 1 aromatic rings. The van der Waals surface area contributed by atoms with Crippen molar-refractivity contribution in [2.75, 3.05) is 19.0 Å². The van der Waals surface area contributed by atoms with Gasteiger partial charge >= 0.3 is 0 Å². The number of nitrogens with zero attached hydrogens (tertiary/aromatic N) is 1. The fourth-order valence-corrected chi connectivity index (χ4v) is 4.74. The molecule has 0 spiro atoms. The summed E-state index contributed by atoms with van der Waals surface area (Å²) in [5.41, 5.74) is 1.10. The zero-order chi connectivity index (χ0) is 16.2. The number of sulfonamides is 1. The summed E-state index contributed by atoms with van der Waals surface area (Å²) in [5.74, 6) is 0.641. The molecule has 0 radical (unpaired) electrons. The van der Waals surface area contributed by atoms with Gasteiger partial charge in [-0.15, -0.1) is 11.6 Å². The van der Waals surface area contributed by atoms with Crippen LogP contribution < -0.4 is 0 Å². The van der Waals surface area contributed by atoms with Gasteiger partial charge in [-0.3, -0.25) is 0 Å². The predicted octanol–water partition coefficient (Wildman–Crippen LogP) is 2.64. The van der Waals surface area contributed by atoms with Crippen molar-refractivity contribution in [2.45, 2.75) is 43.5 Å². The number of aliphatic hydroxyl groups excluding tert-OH is 1. The van der Waals surface area contributed by atoms with Gasteiger partial charge in [0.2, 0.25) is 10.0 Å². The Balaban J connectivity index is 2.18. The summed E-state index contributed by atoms with van der Waals surface area (Å²) < 4.78 is 27.1. The molecule has 124 valence electrons. The first-order valence-corrected chi connectivity index (χ1v) is 9.74. The molecule has 2 atom stereocenters. The zero-order valence-electron chi connectivity index (χ0n) is 12.9. The Hall–Kier alpha value is -0.620. The van der Waals surface area contributed by atoms with Crippen molar-refractivity contribution in [3.63, 3.8) is 0 Å². The van der Waals surface area contributed by atoms with E-state index in [0.29, 0.717) is 17.3 Å². The molecule has 0 saturated carbocycles. The lowest BCUT2D eigenvalue weighted by molar-refractivity contribution is 0.139. The van der Waals surface area contributed by atoms with E-state index in [1.165, 1.54) is 4.31 Å². The summed E-state index contributed by atoms with van der Waals surface area (Å²) in [4.78, 5) is 0.326. The Morgan fingerprint density at radius 1 is 1.27 bits per heavy atom. The van der Waals surface area contributed by atoms with E-state index >= 15 is 0 Å². The highest BCUT2D eigenvalue weighted by Gasteiger charge is 2.34. The number of aliphatic hydroxyl groups is 1. The fourth-order valence-electron chi connectivity index (χ4n) is 2.87. The number of benzene rings is 1. The Morgan fingerprint density at radius 2 is 1.95 bits per heavy atom. The summed E-state index contributed by atoms with van der Waals surface area (Å²) in [5, 5.41) is 9.32. The quantitative estimate of drug-likeness (QED) is 0.806. The molecule has 1 aliphatic rings. The molecule has 1 N–H and O–H groups in total. The van der Waals surface area contributed by atoms with Crippen LogP contribution in [0.25, 0.3) is 0 Å². The largest absolute Gasteiger partial charge is 0.396 e. The van der Waals surface area contributed by atoms with Gasteiger partial charge in [0, 0.05) is 25.1 Å². The molecule has 1 heterocycles. The van der Waals surface area contributed by atoms with E-state index in [2.05, 4.69) is 0 Å². The van der Waals surface area contributed by atoms with E-state index in [-0.39, 0.29) is 18.6 Å². The first-order chi connectivity index (χ1) is 10.5. The van der Waals surface area contributed by atoms with E-state index < -0.39 is 10.0 Å². The number of hydrogen-bond donors (Lipinski definition) is 1. The van der Waals surface area contributed by atoms with Crippen LogP contribution in [0.15, 0.2) is 29.2 Å². The summed E-state index contributed by atoms with van der Waals surface area (Å²) in [6.07, 6.45) is 3.41. The van der Waals surface area contributed by atoms with Crippen molar-refractivity contribution in [1.82, 2.24) is 4.31 Å². The van der Waals surface area contributed by atoms with Gasteiger partial charge in [0.25, 0.3) is 0 Å². The third-order valence-corrected chi connectivity index (χ3v) is 6.57. The Kier molecular flexibility index (Phi) is 6.26. The maximum atomic E-state index is 12.8. The topological polar surface area (TPSA) is 57.6 Å². The second-order valence-electron chi connectivity index (χ2n) is 5.99. The minimum absolute atomic E-state index is 0.0243. The molecule has 0 bridgehead atoms. The van der Waals surface area contributed by atoms with Gasteiger partial charge in [0.1, 0.15) is 0 Å². The number of halogens is 1. The van der Waals surface area contributed by atoms with Crippen molar-refractivity contribution in [2.24, 2.45) is 5.92 Å². The highest BCUT2D eigenvalue weighted by molar-refractivity contribution is 7.89. The molecule has 1 fully saturated rings. The maximum Gasteiger partial charge on any atom is 0.243 e. The first-order valence-electron chi connectivity index (χ1n) is 7.76. The minimum Gasteiger partial charge on any atom is -0.396 e. The van der Waals surface area contributed by atoms with Crippen LogP contribution >= 0.6 is 11.6 Å². The smallest absolute Gasteiger partial charge is 0.243 e. The standard InChI is InChI=1S/C16H24ClNO3S/c1-13-4-5-15(12-19)11-18(13)22(20,21)16-8-6-14(7-9-16)3-2-10-17/h6-9,13,15,19H,2-5,10-12H2,1H3. The van der Waals surface area contributed by atoms with Gasteiger partial charge in [-0.1, -0.05) is 12.1 Å². The van der Waals surface area contributed by atoms with Crippen LogP contribution in [0.2, 0.25) is 0 Å². The van der Waals surface area contributed by atoms with Crippen molar-refractivity contribution >= 4 is 21.6 Å². The van der Waals surface area contributed by atoms with E-state index in [1.54, 1.807) is 12.1 Å². The SMILES string of the molecule is CC1CCC(CO)CN1S(=O)(=O)c1ccc(CCCCl)cc1. The minimum atomic E-state index is -3.50. The molecule has 6 heteroatoms. The van der Waals surface area contributed by atoms with Crippen LogP contribution in [0.5, 0.6) is 0 Å². The fraction of sp³-hybridized carbons (Fsp3) is 0.625. The molecule has 4 nitrogen and oxygen atoms in total. The van der Waals surface area contributed by atoms with E-state index in [1.807, 2.05) is 19.1 Å². The monoisotopic (exact) mass is 345 g/mol. The molecule has 0 aliphatic carbocycles. The van der Waals surface area contributed by atoms with Crippen molar-refractivity contribution in [3.8, 4) is 0 Å². The van der Waals surface area contributed by atoms with Gasteiger partial charge in [-0.2, -0.15) is 4.31 Å². The normalized spacial score (nSPS) is 23.6. The van der Waals surface area contributed by atoms with Crippen LogP contribution in [0.4, 0.5) is 0 Å². The lowest BCUT2D eigenvalue weighted by Gasteiger charge is -2.36. The van der Waals surface area contributed by atoms with Crippen LogP contribution in [0, 0.1) is 5.92 Å². The number of rotatable bonds is 6. The van der Waals surface area contributed by atoms with Gasteiger partial charge in [-0.25, -0.2) is 8.42 Å². The van der Waals surface area contributed by atoms with Crippen LogP contribution in [-0.4, -0.2) is 42.9 Å². The second kappa shape index (κ2) is 7.77. The summed E-state index contributed by atoms with van der Waals surface area (Å²) in [7, 11) is -3.50. The van der Waals surface area contributed by atoms with E-state index in [9.17, 15) is 13.5 Å². The van der Waals surface area contributed by atoms with E-state index in [0.717, 1.165) is 31.2 Å². The molecule has 1 aromatic carbocycles. The van der Waals surface area contributed by atoms with Crippen molar-refractivity contribution in [1.29, 1.82) is 0 Å². The molecule has 0 aromatic heterocycles. The summed E-state index contributed by atoms with van der Waals surface area (Å²) >= 11 is 5.68. The van der Waals surface area contributed by atoms with Crippen molar-refractivity contribution in [3.05, 3.63) is 29.8 Å². The number of piperidine rings is 1. The Bertz CT molecular complexity index is 574. The highest BCUT2D eigenvalue weighted by atomic mass is 35.5. The van der Waals surface area contributed by atoms with Crippen molar-refractivity contribution < 1.29 is 13.5 Å². The Labute approximate surface area is 138 Å². The molecule has 2 rings (SSSR count). The number of hydrogen-bond acceptors (Lipinski definition) is 3. The van der Waals surface area contributed by atoms with E-state index in [4.69, 9.17) is 11.6 Å². The van der Waals surface area contributed by atoms with Gasteiger partial charge in [-0.05, 0) is 56.2 Å². The second-order valence-corrected chi connectivity index (χ2v) is 8.25.